The number of nitrogens with one attached hydrogen (secondary N) is 2. The predicted octanol–water partition coefficient (Wildman–Crippen LogP) is 1.96. The molecular weight excluding hydrogens is 243 g/mol. The summed E-state index contributed by atoms with van der Waals surface area (Å²) in [6, 6.07) is 4.22. The SMILES string of the molecule is CC1(NC(=O)c2c(F)cccc2Cl)CCNC1. The Hall–Kier alpha value is -1.13. The average Bonchev–Trinajstić information content (AvgIpc) is 2.64. The van der Waals surface area contributed by atoms with Gasteiger partial charge in [0, 0.05) is 6.54 Å². The maximum Gasteiger partial charge on any atom is 0.256 e. The lowest BCUT2D eigenvalue weighted by molar-refractivity contribution is 0.0909. The molecule has 1 fully saturated rings. The van der Waals surface area contributed by atoms with Crippen molar-refractivity contribution in [1.82, 2.24) is 10.6 Å². The van der Waals surface area contributed by atoms with Crippen molar-refractivity contribution < 1.29 is 9.18 Å². The molecule has 0 saturated carbocycles. The third kappa shape index (κ3) is 2.58. The molecule has 1 amide bonds. The van der Waals surface area contributed by atoms with Crippen LogP contribution in [0.5, 0.6) is 0 Å². The summed E-state index contributed by atoms with van der Waals surface area (Å²) in [4.78, 5) is 12.0. The average molecular weight is 257 g/mol. The Labute approximate surface area is 104 Å². The monoisotopic (exact) mass is 256 g/mol. The molecule has 2 N–H and O–H groups in total. The van der Waals surface area contributed by atoms with Crippen LogP contribution in [0.2, 0.25) is 5.02 Å². The van der Waals surface area contributed by atoms with Gasteiger partial charge in [0.1, 0.15) is 5.82 Å². The molecule has 17 heavy (non-hydrogen) atoms. The minimum atomic E-state index is -0.593. The van der Waals surface area contributed by atoms with Crippen LogP contribution in [0.4, 0.5) is 4.39 Å². The Bertz CT molecular complexity index is 424. The Kier molecular flexibility index (Phi) is 3.35. The minimum absolute atomic E-state index is 0.0812. The van der Waals surface area contributed by atoms with Crippen LogP contribution in [0.15, 0.2) is 18.2 Å². The van der Waals surface area contributed by atoms with E-state index in [-0.39, 0.29) is 16.1 Å². The molecule has 1 unspecified atom stereocenters. The Balaban J connectivity index is 2.20. The van der Waals surface area contributed by atoms with E-state index in [1.807, 2.05) is 6.92 Å². The van der Waals surface area contributed by atoms with Gasteiger partial charge >= 0.3 is 0 Å². The molecule has 1 aliphatic heterocycles. The fourth-order valence-corrected chi connectivity index (χ4v) is 2.22. The summed E-state index contributed by atoms with van der Waals surface area (Å²) in [6.07, 6.45) is 0.824. The van der Waals surface area contributed by atoms with Gasteiger partial charge in [0.2, 0.25) is 0 Å². The number of benzene rings is 1. The van der Waals surface area contributed by atoms with Gasteiger partial charge in [-0.15, -0.1) is 0 Å². The molecular formula is C12H14ClFN2O. The Morgan fingerprint density at radius 2 is 2.35 bits per heavy atom. The van der Waals surface area contributed by atoms with E-state index in [4.69, 9.17) is 11.6 Å². The van der Waals surface area contributed by atoms with Crippen molar-refractivity contribution in [3.8, 4) is 0 Å². The highest BCUT2D eigenvalue weighted by Crippen LogP contribution is 2.21. The third-order valence-electron chi connectivity index (χ3n) is 2.97. The molecule has 0 bridgehead atoms. The van der Waals surface area contributed by atoms with Crippen LogP contribution in [-0.4, -0.2) is 24.5 Å². The molecule has 0 aliphatic carbocycles. The lowest BCUT2D eigenvalue weighted by atomic mass is 10.0. The second-order valence-electron chi connectivity index (χ2n) is 4.54. The molecule has 5 heteroatoms. The molecule has 2 rings (SSSR count). The standard InChI is InChI=1S/C12H14ClFN2O/c1-12(5-6-15-7-12)16-11(17)10-8(13)3-2-4-9(10)14/h2-4,15H,5-7H2,1H3,(H,16,17). The van der Waals surface area contributed by atoms with Gasteiger partial charge in [0.15, 0.2) is 0 Å². The van der Waals surface area contributed by atoms with Gasteiger partial charge in [-0.3, -0.25) is 4.79 Å². The quantitative estimate of drug-likeness (QED) is 0.849. The van der Waals surface area contributed by atoms with Crippen LogP contribution < -0.4 is 10.6 Å². The highest BCUT2D eigenvalue weighted by Gasteiger charge is 2.31. The van der Waals surface area contributed by atoms with Crippen molar-refractivity contribution in [3.63, 3.8) is 0 Å². The number of halogens is 2. The van der Waals surface area contributed by atoms with Gasteiger partial charge in [0.25, 0.3) is 5.91 Å². The first kappa shape index (κ1) is 12.3. The summed E-state index contributed by atoms with van der Waals surface area (Å²) >= 11 is 5.84. The molecule has 1 saturated heterocycles. The zero-order valence-electron chi connectivity index (χ0n) is 9.52. The van der Waals surface area contributed by atoms with Crippen LogP contribution in [-0.2, 0) is 0 Å². The topological polar surface area (TPSA) is 41.1 Å². The van der Waals surface area contributed by atoms with Crippen molar-refractivity contribution >= 4 is 17.5 Å². The highest BCUT2D eigenvalue weighted by molar-refractivity contribution is 6.33. The molecule has 92 valence electrons. The van der Waals surface area contributed by atoms with Gasteiger partial charge in [-0.05, 0) is 32.0 Å². The molecule has 1 heterocycles. The first-order chi connectivity index (χ1) is 8.02. The van der Waals surface area contributed by atoms with Crippen LogP contribution in [0, 0.1) is 5.82 Å². The largest absolute Gasteiger partial charge is 0.345 e. The van der Waals surface area contributed by atoms with Crippen molar-refractivity contribution in [1.29, 1.82) is 0 Å². The van der Waals surface area contributed by atoms with Crippen molar-refractivity contribution in [2.75, 3.05) is 13.1 Å². The van der Waals surface area contributed by atoms with E-state index in [1.165, 1.54) is 18.2 Å². The number of hydrogen-bond acceptors (Lipinski definition) is 2. The van der Waals surface area contributed by atoms with Crippen LogP contribution in [0.3, 0.4) is 0 Å². The first-order valence-corrected chi connectivity index (χ1v) is 5.87. The van der Waals surface area contributed by atoms with Crippen LogP contribution in [0.25, 0.3) is 0 Å². The second-order valence-corrected chi connectivity index (χ2v) is 4.95. The zero-order valence-corrected chi connectivity index (χ0v) is 10.3. The van der Waals surface area contributed by atoms with Crippen molar-refractivity contribution in [2.45, 2.75) is 18.9 Å². The first-order valence-electron chi connectivity index (χ1n) is 5.49. The molecule has 1 aromatic rings. The summed E-state index contributed by atoms with van der Waals surface area (Å²) in [5.41, 5.74) is -0.412. The number of carbonyl (C=O) groups is 1. The molecule has 1 aromatic carbocycles. The van der Waals surface area contributed by atoms with E-state index in [2.05, 4.69) is 10.6 Å². The molecule has 0 radical (unpaired) electrons. The van der Waals surface area contributed by atoms with Gasteiger partial charge in [-0.1, -0.05) is 17.7 Å². The number of hydrogen-bond donors (Lipinski definition) is 2. The van der Waals surface area contributed by atoms with E-state index in [0.29, 0.717) is 6.54 Å². The molecule has 0 spiro atoms. The van der Waals surface area contributed by atoms with Crippen molar-refractivity contribution in [2.24, 2.45) is 0 Å². The maximum atomic E-state index is 13.5. The van der Waals surface area contributed by atoms with Crippen molar-refractivity contribution in [3.05, 3.63) is 34.6 Å². The van der Waals surface area contributed by atoms with Gasteiger partial charge in [0.05, 0.1) is 16.1 Å². The normalized spacial score (nSPS) is 23.7. The van der Waals surface area contributed by atoms with Crippen LogP contribution in [0.1, 0.15) is 23.7 Å². The van der Waals surface area contributed by atoms with E-state index in [1.54, 1.807) is 0 Å². The minimum Gasteiger partial charge on any atom is -0.345 e. The van der Waals surface area contributed by atoms with Gasteiger partial charge in [-0.2, -0.15) is 0 Å². The fraction of sp³-hybridized carbons (Fsp3) is 0.417. The van der Waals surface area contributed by atoms with E-state index < -0.39 is 11.7 Å². The highest BCUT2D eigenvalue weighted by atomic mass is 35.5. The summed E-state index contributed by atoms with van der Waals surface area (Å²) < 4.78 is 13.5. The Morgan fingerprint density at radius 1 is 1.59 bits per heavy atom. The van der Waals surface area contributed by atoms with E-state index in [0.717, 1.165) is 13.0 Å². The van der Waals surface area contributed by atoms with E-state index >= 15 is 0 Å². The fourth-order valence-electron chi connectivity index (χ4n) is 1.97. The third-order valence-corrected chi connectivity index (χ3v) is 3.29. The van der Waals surface area contributed by atoms with Gasteiger partial charge < -0.3 is 10.6 Å². The predicted molar refractivity (Wildman–Crippen MR) is 64.8 cm³/mol. The molecule has 0 aromatic heterocycles. The molecule has 1 atom stereocenters. The summed E-state index contributed by atoms with van der Waals surface area (Å²) in [5, 5.41) is 6.12. The zero-order chi connectivity index (χ0) is 12.5. The smallest absolute Gasteiger partial charge is 0.256 e. The number of amides is 1. The number of carbonyl (C=O) groups excluding carboxylic acids is 1. The summed E-state index contributed by atoms with van der Waals surface area (Å²) in [6.45, 7) is 3.46. The molecule has 3 nitrogen and oxygen atoms in total. The number of rotatable bonds is 2. The van der Waals surface area contributed by atoms with Crippen LogP contribution >= 0.6 is 11.6 Å². The van der Waals surface area contributed by atoms with Gasteiger partial charge in [-0.25, -0.2) is 4.39 Å². The maximum absolute atomic E-state index is 13.5. The lowest BCUT2D eigenvalue weighted by Gasteiger charge is -2.24. The molecule has 1 aliphatic rings. The lowest BCUT2D eigenvalue weighted by Crippen LogP contribution is -2.47. The summed E-state index contributed by atoms with van der Waals surface area (Å²) in [7, 11) is 0. The Morgan fingerprint density at radius 3 is 2.94 bits per heavy atom. The van der Waals surface area contributed by atoms with E-state index in [9.17, 15) is 9.18 Å². The second kappa shape index (κ2) is 4.63. The summed E-state index contributed by atoms with van der Waals surface area (Å²) in [5.74, 6) is -1.05.